The van der Waals surface area contributed by atoms with Gasteiger partial charge in [-0.1, -0.05) is 13.3 Å². The van der Waals surface area contributed by atoms with E-state index in [4.69, 9.17) is 5.11 Å². The molecule has 92 valence electrons. The van der Waals surface area contributed by atoms with Crippen LogP contribution in [0.2, 0.25) is 0 Å². The van der Waals surface area contributed by atoms with Crippen LogP contribution in [-0.4, -0.2) is 45.8 Å². The lowest BCUT2D eigenvalue weighted by Gasteiger charge is -2.30. The molecule has 1 rings (SSSR count). The SMILES string of the molecule is CCCC(C(O)C=O)N(NC1CC1)C(=O)O. The first-order valence-corrected chi connectivity index (χ1v) is 5.51. The molecule has 16 heavy (non-hydrogen) atoms. The zero-order valence-corrected chi connectivity index (χ0v) is 9.30. The fourth-order valence-electron chi connectivity index (χ4n) is 1.54. The number of aliphatic hydroxyl groups is 1. The smallest absolute Gasteiger partial charge is 0.422 e. The van der Waals surface area contributed by atoms with Crippen LogP contribution in [0, 0.1) is 0 Å². The summed E-state index contributed by atoms with van der Waals surface area (Å²) in [5, 5.41) is 19.5. The van der Waals surface area contributed by atoms with E-state index in [2.05, 4.69) is 5.43 Å². The number of carboxylic acid groups (broad SMARTS) is 1. The van der Waals surface area contributed by atoms with Gasteiger partial charge < -0.3 is 15.0 Å². The molecule has 1 amide bonds. The van der Waals surface area contributed by atoms with Crippen molar-refractivity contribution in [1.82, 2.24) is 10.4 Å². The van der Waals surface area contributed by atoms with Gasteiger partial charge in [-0.05, 0) is 19.3 Å². The Hall–Kier alpha value is -1.14. The second kappa shape index (κ2) is 5.81. The van der Waals surface area contributed by atoms with E-state index in [0.29, 0.717) is 19.1 Å². The molecule has 2 atom stereocenters. The highest BCUT2D eigenvalue weighted by Gasteiger charge is 2.33. The monoisotopic (exact) mass is 230 g/mol. The summed E-state index contributed by atoms with van der Waals surface area (Å²) in [6, 6.07) is -0.546. The maximum absolute atomic E-state index is 11.0. The molecule has 3 N–H and O–H groups in total. The van der Waals surface area contributed by atoms with E-state index >= 15 is 0 Å². The van der Waals surface area contributed by atoms with E-state index in [9.17, 15) is 14.7 Å². The first kappa shape index (κ1) is 12.9. The second-order valence-electron chi connectivity index (χ2n) is 4.04. The number of carbonyl (C=O) groups is 2. The summed E-state index contributed by atoms with van der Waals surface area (Å²) in [5.74, 6) is 0. The molecule has 0 heterocycles. The Kier molecular flexibility index (Phi) is 4.70. The standard InChI is InChI=1S/C10H18N2O4/c1-2-3-8(9(14)6-13)12(10(15)16)11-7-4-5-7/h6-9,11,14H,2-5H2,1H3,(H,15,16). The van der Waals surface area contributed by atoms with Crippen molar-refractivity contribution in [3.63, 3.8) is 0 Å². The summed E-state index contributed by atoms with van der Waals surface area (Å²) in [6.45, 7) is 1.88. The fourth-order valence-corrected chi connectivity index (χ4v) is 1.54. The van der Waals surface area contributed by atoms with E-state index < -0.39 is 18.2 Å². The molecule has 2 unspecified atom stereocenters. The number of carbonyl (C=O) groups excluding carboxylic acids is 1. The van der Waals surface area contributed by atoms with Gasteiger partial charge in [-0.15, -0.1) is 0 Å². The molecule has 0 aromatic heterocycles. The third-order valence-corrected chi connectivity index (χ3v) is 2.55. The fraction of sp³-hybridized carbons (Fsp3) is 0.800. The lowest BCUT2D eigenvalue weighted by atomic mass is 10.1. The topological polar surface area (TPSA) is 89.9 Å². The van der Waals surface area contributed by atoms with Crippen LogP contribution in [-0.2, 0) is 4.79 Å². The highest BCUT2D eigenvalue weighted by Crippen LogP contribution is 2.21. The van der Waals surface area contributed by atoms with Gasteiger partial charge in [0.25, 0.3) is 0 Å². The molecule has 0 bridgehead atoms. The Morgan fingerprint density at radius 3 is 2.62 bits per heavy atom. The Labute approximate surface area is 94.2 Å². The van der Waals surface area contributed by atoms with E-state index in [0.717, 1.165) is 17.9 Å². The third kappa shape index (κ3) is 3.46. The Bertz CT molecular complexity index is 255. The van der Waals surface area contributed by atoms with Crippen molar-refractivity contribution in [2.45, 2.75) is 50.8 Å². The Balaban J connectivity index is 2.67. The Morgan fingerprint density at radius 1 is 1.62 bits per heavy atom. The largest absolute Gasteiger partial charge is 0.464 e. The zero-order valence-electron chi connectivity index (χ0n) is 9.30. The molecular weight excluding hydrogens is 212 g/mol. The van der Waals surface area contributed by atoms with E-state index in [-0.39, 0.29) is 6.04 Å². The minimum Gasteiger partial charge on any atom is -0.464 e. The summed E-state index contributed by atoms with van der Waals surface area (Å²) in [4.78, 5) is 21.6. The molecule has 6 nitrogen and oxygen atoms in total. The zero-order chi connectivity index (χ0) is 12.1. The number of hydrogen-bond donors (Lipinski definition) is 3. The minimum atomic E-state index is -1.28. The molecule has 0 aromatic carbocycles. The number of nitrogens with one attached hydrogen (secondary N) is 1. The van der Waals surface area contributed by atoms with Crippen molar-refractivity contribution in [3.8, 4) is 0 Å². The highest BCUT2D eigenvalue weighted by molar-refractivity contribution is 5.67. The molecule has 0 aliphatic heterocycles. The van der Waals surface area contributed by atoms with Crippen LogP contribution < -0.4 is 5.43 Å². The molecule has 1 fully saturated rings. The first-order valence-electron chi connectivity index (χ1n) is 5.51. The molecular formula is C10H18N2O4. The predicted octanol–water partition coefficient (Wildman–Crippen LogP) is 0.362. The third-order valence-electron chi connectivity index (χ3n) is 2.55. The average molecular weight is 230 g/mol. The van der Waals surface area contributed by atoms with Gasteiger partial charge in [0.15, 0.2) is 6.29 Å². The van der Waals surface area contributed by atoms with Gasteiger partial charge in [0.05, 0.1) is 6.04 Å². The van der Waals surface area contributed by atoms with Crippen LogP contribution in [0.25, 0.3) is 0 Å². The van der Waals surface area contributed by atoms with Crippen LogP contribution in [0.3, 0.4) is 0 Å². The van der Waals surface area contributed by atoms with Crippen LogP contribution in [0.1, 0.15) is 32.6 Å². The van der Waals surface area contributed by atoms with Crippen LogP contribution in [0.15, 0.2) is 0 Å². The van der Waals surface area contributed by atoms with Gasteiger partial charge in [0, 0.05) is 6.04 Å². The predicted molar refractivity (Wildman–Crippen MR) is 56.8 cm³/mol. The first-order chi connectivity index (χ1) is 7.60. The lowest BCUT2D eigenvalue weighted by molar-refractivity contribution is -0.118. The van der Waals surface area contributed by atoms with Crippen molar-refractivity contribution < 1.29 is 19.8 Å². The molecule has 1 saturated carbocycles. The van der Waals surface area contributed by atoms with E-state index in [1.54, 1.807) is 0 Å². The van der Waals surface area contributed by atoms with Gasteiger partial charge in [0.2, 0.25) is 0 Å². The van der Waals surface area contributed by atoms with Gasteiger partial charge in [-0.2, -0.15) is 0 Å². The molecule has 0 saturated heterocycles. The minimum absolute atomic E-state index is 0.161. The van der Waals surface area contributed by atoms with Crippen LogP contribution >= 0.6 is 0 Å². The quantitative estimate of drug-likeness (QED) is 0.434. The van der Waals surface area contributed by atoms with Crippen LogP contribution in [0.4, 0.5) is 4.79 Å². The molecule has 1 aliphatic rings. The number of aldehydes is 1. The van der Waals surface area contributed by atoms with Crippen molar-refractivity contribution in [2.75, 3.05) is 0 Å². The summed E-state index contributed by atoms with van der Waals surface area (Å²) < 4.78 is 0. The number of aliphatic hydroxyl groups excluding tert-OH is 1. The Morgan fingerprint density at radius 2 is 2.25 bits per heavy atom. The van der Waals surface area contributed by atoms with Gasteiger partial charge >= 0.3 is 6.09 Å². The van der Waals surface area contributed by atoms with Gasteiger partial charge in [0.1, 0.15) is 6.10 Å². The highest BCUT2D eigenvalue weighted by atomic mass is 16.4. The number of hydrogen-bond acceptors (Lipinski definition) is 4. The number of rotatable bonds is 7. The molecule has 0 radical (unpaired) electrons. The second-order valence-corrected chi connectivity index (χ2v) is 4.04. The van der Waals surface area contributed by atoms with Gasteiger partial charge in [-0.3, -0.25) is 0 Å². The van der Waals surface area contributed by atoms with Crippen molar-refractivity contribution in [1.29, 1.82) is 0 Å². The van der Waals surface area contributed by atoms with E-state index in [1.807, 2.05) is 6.92 Å². The van der Waals surface area contributed by atoms with Crippen molar-refractivity contribution >= 4 is 12.4 Å². The maximum atomic E-state index is 11.0. The molecule has 0 aromatic rings. The lowest BCUT2D eigenvalue weighted by Crippen LogP contribution is -2.54. The van der Waals surface area contributed by atoms with E-state index in [1.165, 1.54) is 0 Å². The van der Waals surface area contributed by atoms with Crippen molar-refractivity contribution in [2.24, 2.45) is 0 Å². The number of nitrogens with zero attached hydrogens (tertiary/aromatic N) is 1. The average Bonchev–Trinajstić information content (AvgIpc) is 3.05. The summed E-state index contributed by atoms with van der Waals surface area (Å²) in [5.41, 5.74) is 2.81. The molecule has 0 spiro atoms. The maximum Gasteiger partial charge on any atom is 0.422 e. The molecule has 6 heteroatoms. The number of hydrazine groups is 1. The number of amides is 1. The summed E-state index contributed by atoms with van der Waals surface area (Å²) >= 11 is 0. The van der Waals surface area contributed by atoms with Crippen molar-refractivity contribution in [3.05, 3.63) is 0 Å². The summed E-state index contributed by atoms with van der Waals surface area (Å²) in [6.07, 6.45) is 0.954. The van der Waals surface area contributed by atoms with Gasteiger partial charge in [-0.25, -0.2) is 15.2 Å². The molecule has 1 aliphatic carbocycles. The van der Waals surface area contributed by atoms with Crippen LogP contribution in [0.5, 0.6) is 0 Å². The summed E-state index contributed by atoms with van der Waals surface area (Å²) in [7, 11) is 0. The normalized spacial score (nSPS) is 18.9.